The van der Waals surface area contributed by atoms with Crippen molar-refractivity contribution in [2.24, 2.45) is 5.41 Å². The van der Waals surface area contributed by atoms with Crippen molar-refractivity contribution < 1.29 is 18.8 Å². The number of halogens is 1. The highest BCUT2D eigenvalue weighted by molar-refractivity contribution is 7.17. The summed E-state index contributed by atoms with van der Waals surface area (Å²) in [5, 5.41) is 5.51. The van der Waals surface area contributed by atoms with Crippen molar-refractivity contribution in [2.45, 2.75) is 105 Å². The Morgan fingerprint density at radius 1 is 0.976 bits per heavy atom. The predicted molar refractivity (Wildman–Crippen MR) is 173 cm³/mol. The highest BCUT2D eigenvalue weighted by atomic mass is 31.0. The molecule has 3 rings (SSSR count). The van der Waals surface area contributed by atoms with Crippen LogP contribution in [0.3, 0.4) is 0 Å². The zero-order valence-electron chi connectivity index (χ0n) is 26.1. The molecule has 1 aliphatic carbocycles. The Kier molecular flexibility index (Phi) is 16.4. The quantitative estimate of drug-likeness (QED) is 0.240. The van der Waals surface area contributed by atoms with Crippen molar-refractivity contribution in [1.29, 1.82) is 0 Å². The molecule has 1 saturated carbocycles. The number of amides is 3. The van der Waals surface area contributed by atoms with Crippen molar-refractivity contribution in [3.05, 3.63) is 59.7 Å². The van der Waals surface area contributed by atoms with Crippen LogP contribution in [0.1, 0.15) is 104 Å². The molecule has 0 aliphatic heterocycles. The molecule has 0 heterocycles. The van der Waals surface area contributed by atoms with Gasteiger partial charge in [-0.2, -0.15) is 0 Å². The number of rotatable bonds is 8. The third-order valence-electron chi connectivity index (χ3n) is 6.84. The van der Waals surface area contributed by atoms with E-state index in [0.29, 0.717) is 0 Å². The van der Waals surface area contributed by atoms with E-state index in [2.05, 4.69) is 38.3 Å². The molecule has 228 valence electrons. The van der Waals surface area contributed by atoms with Crippen LogP contribution in [0.5, 0.6) is 0 Å². The largest absolute Gasteiger partial charge is 0.353 e. The first-order valence-electron chi connectivity index (χ1n) is 14.8. The van der Waals surface area contributed by atoms with Gasteiger partial charge in [0.05, 0.1) is 0 Å². The molecule has 0 aromatic heterocycles. The summed E-state index contributed by atoms with van der Waals surface area (Å²) in [4.78, 5) is 39.4. The van der Waals surface area contributed by atoms with Crippen molar-refractivity contribution >= 4 is 38.3 Å². The molecule has 6 nitrogen and oxygen atoms in total. The topological polar surface area (TPSA) is 78.5 Å². The molecule has 2 N–H and O–H groups in total. The van der Waals surface area contributed by atoms with Gasteiger partial charge in [0.15, 0.2) is 6.04 Å². The molecular formula is C33H51FN3O3P. The van der Waals surface area contributed by atoms with Gasteiger partial charge in [-0.1, -0.05) is 112 Å². The molecule has 2 unspecified atom stereocenters. The molecule has 0 bridgehead atoms. The summed E-state index contributed by atoms with van der Waals surface area (Å²) >= 11 is 0. The normalized spacial score (nSPS) is 14.4. The summed E-state index contributed by atoms with van der Waals surface area (Å²) in [6, 6.07) is 14.1. The maximum Gasteiger partial charge on any atom is 0.244 e. The highest BCUT2D eigenvalue weighted by Crippen LogP contribution is 2.37. The average Bonchev–Trinajstić information content (AvgIpc) is 2.93. The van der Waals surface area contributed by atoms with Crippen molar-refractivity contribution in [3.63, 3.8) is 0 Å². The minimum Gasteiger partial charge on any atom is -0.353 e. The van der Waals surface area contributed by atoms with E-state index in [1.165, 1.54) is 16.9 Å². The van der Waals surface area contributed by atoms with Gasteiger partial charge in [-0.3, -0.25) is 19.3 Å². The van der Waals surface area contributed by atoms with E-state index in [1.807, 2.05) is 71.6 Å². The number of nitrogens with zero attached hydrogens (tertiary/aromatic N) is 1. The Morgan fingerprint density at radius 2 is 1.54 bits per heavy atom. The van der Waals surface area contributed by atoms with Gasteiger partial charge in [-0.25, -0.2) is 4.39 Å². The van der Waals surface area contributed by atoms with E-state index in [1.54, 1.807) is 6.92 Å². The minimum atomic E-state index is -1.07. The molecule has 1 aliphatic rings. The van der Waals surface area contributed by atoms with Gasteiger partial charge >= 0.3 is 0 Å². The fourth-order valence-electron chi connectivity index (χ4n) is 4.59. The van der Waals surface area contributed by atoms with E-state index in [4.69, 9.17) is 0 Å². The van der Waals surface area contributed by atoms with Crippen LogP contribution < -0.4 is 10.6 Å². The SMILES string of the molecule is CCC.CCC(=O)N(CC(=O)Nc1ccccc1C(C)C)C(=O)C1(C)CCCCC1.Cc1ccc(NC(F)P)cc1. The van der Waals surface area contributed by atoms with Crippen LogP contribution >= 0.6 is 9.24 Å². The molecule has 41 heavy (non-hydrogen) atoms. The second-order valence-corrected chi connectivity index (χ2v) is 11.8. The lowest BCUT2D eigenvalue weighted by Crippen LogP contribution is -2.49. The Bertz CT molecular complexity index is 1080. The number of alkyl halides is 1. The zero-order chi connectivity index (χ0) is 31.0. The molecule has 2 aromatic carbocycles. The lowest BCUT2D eigenvalue weighted by atomic mass is 9.74. The van der Waals surface area contributed by atoms with Gasteiger partial charge < -0.3 is 10.6 Å². The number of hydrogen-bond acceptors (Lipinski definition) is 4. The summed E-state index contributed by atoms with van der Waals surface area (Å²) in [6.07, 6.45) is 6.11. The van der Waals surface area contributed by atoms with Crippen LogP contribution in [0.15, 0.2) is 48.5 Å². The van der Waals surface area contributed by atoms with E-state index < -0.39 is 11.5 Å². The number of carbonyl (C=O) groups excluding carboxylic acids is 3. The minimum absolute atomic E-state index is 0.206. The third kappa shape index (κ3) is 12.7. The van der Waals surface area contributed by atoms with Crippen LogP contribution in [-0.4, -0.2) is 35.2 Å². The lowest BCUT2D eigenvalue weighted by molar-refractivity contribution is -0.154. The van der Waals surface area contributed by atoms with E-state index in [9.17, 15) is 18.8 Å². The van der Waals surface area contributed by atoms with E-state index in [-0.39, 0.29) is 36.6 Å². The number of carbonyl (C=O) groups is 3. The molecule has 2 atom stereocenters. The average molecular weight is 588 g/mol. The van der Waals surface area contributed by atoms with Gasteiger partial charge in [0.1, 0.15) is 6.54 Å². The van der Waals surface area contributed by atoms with Crippen LogP contribution in [-0.2, 0) is 14.4 Å². The molecule has 2 aromatic rings. The molecule has 0 spiro atoms. The second kappa shape index (κ2) is 18.6. The predicted octanol–water partition coefficient (Wildman–Crippen LogP) is 8.44. The summed E-state index contributed by atoms with van der Waals surface area (Å²) in [6.45, 7) is 13.8. The Balaban J connectivity index is 0.000000496. The molecule has 8 heteroatoms. The van der Waals surface area contributed by atoms with Crippen LogP contribution in [0.4, 0.5) is 15.8 Å². The van der Waals surface area contributed by atoms with E-state index in [0.717, 1.165) is 49.0 Å². The first kappa shape index (κ1) is 36.2. The smallest absolute Gasteiger partial charge is 0.244 e. The Hall–Kier alpha value is -2.79. The lowest BCUT2D eigenvalue weighted by Gasteiger charge is -2.36. The van der Waals surface area contributed by atoms with Crippen LogP contribution in [0.25, 0.3) is 0 Å². The maximum atomic E-state index is 13.1. The van der Waals surface area contributed by atoms with Gasteiger partial charge in [0.25, 0.3) is 0 Å². The first-order valence-corrected chi connectivity index (χ1v) is 15.5. The summed E-state index contributed by atoms with van der Waals surface area (Å²) < 4.78 is 12.3. The molecule has 0 saturated heterocycles. The summed E-state index contributed by atoms with van der Waals surface area (Å²) in [7, 11) is 2.04. The molecule has 3 amide bonds. The maximum absolute atomic E-state index is 13.1. The number of anilines is 2. The fourth-order valence-corrected chi connectivity index (χ4v) is 4.78. The van der Waals surface area contributed by atoms with Gasteiger partial charge in [-0.05, 0) is 49.4 Å². The van der Waals surface area contributed by atoms with Crippen molar-refractivity contribution in [1.82, 2.24) is 4.90 Å². The van der Waals surface area contributed by atoms with Crippen molar-refractivity contribution in [2.75, 3.05) is 17.2 Å². The second-order valence-electron chi connectivity index (χ2n) is 11.2. The molecule has 0 radical (unpaired) electrons. The highest BCUT2D eigenvalue weighted by Gasteiger charge is 2.40. The van der Waals surface area contributed by atoms with Crippen molar-refractivity contribution in [3.8, 4) is 0 Å². The number of aryl methyl sites for hydroxylation is 1. The van der Waals surface area contributed by atoms with Gasteiger partial charge in [-0.15, -0.1) is 0 Å². The van der Waals surface area contributed by atoms with Gasteiger partial charge in [0, 0.05) is 23.2 Å². The third-order valence-corrected chi connectivity index (χ3v) is 7.00. The number of para-hydroxylation sites is 1. The fraction of sp³-hybridized carbons (Fsp3) is 0.545. The summed E-state index contributed by atoms with van der Waals surface area (Å²) in [5.41, 5.74) is 3.20. The standard InChI is InChI=1S/C22H32N2O3.C8H11FNP.C3H8/c1-5-20(26)24(21(27)22(4)13-9-6-10-14-22)15-19(25)23-18-12-8-7-11-17(18)16(2)3;1-6-2-4-7(5-3-6)10-8(9)11;1-3-2/h7-8,11-12,16H,5-6,9-10,13-15H2,1-4H3,(H,23,25);2-5,8,10H,11H2,1H3;3H2,1-2H3. The molecule has 1 fully saturated rings. The number of benzene rings is 2. The first-order chi connectivity index (χ1) is 19.4. The Labute approximate surface area is 249 Å². The van der Waals surface area contributed by atoms with Crippen LogP contribution in [0, 0.1) is 12.3 Å². The monoisotopic (exact) mass is 587 g/mol. The van der Waals surface area contributed by atoms with Gasteiger partial charge in [0.2, 0.25) is 17.7 Å². The number of imide groups is 1. The van der Waals surface area contributed by atoms with E-state index >= 15 is 0 Å². The number of hydrogen-bond donors (Lipinski definition) is 2. The molecular weight excluding hydrogens is 536 g/mol. The number of nitrogens with one attached hydrogen (secondary N) is 2. The summed E-state index contributed by atoms with van der Waals surface area (Å²) in [5.74, 6) is -0.573. The van der Waals surface area contributed by atoms with Crippen LogP contribution in [0.2, 0.25) is 0 Å². The Morgan fingerprint density at radius 3 is 2.05 bits per heavy atom. The zero-order valence-corrected chi connectivity index (χ0v) is 27.2.